The van der Waals surface area contributed by atoms with Crippen LogP contribution in [0.1, 0.15) is 40.0 Å². The van der Waals surface area contributed by atoms with Gasteiger partial charge in [-0.25, -0.2) is 9.59 Å². The molecule has 3 unspecified atom stereocenters. The van der Waals surface area contributed by atoms with Crippen molar-refractivity contribution in [2.75, 3.05) is 19.7 Å². The van der Waals surface area contributed by atoms with Crippen LogP contribution in [0.25, 0.3) is 0 Å². The summed E-state index contributed by atoms with van der Waals surface area (Å²) in [5.74, 6) is -0.423. The smallest absolute Gasteiger partial charge is 0.326 e. The number of carboxylic acids is 1. The lowest BCUT2D eigenvalue weighted by Gasteiger charge is -2.29. The van der Waals surface area contributed by atoms with E-state index in [-0.39, 0.29) is 11.9 Å². The van der Waals surface area contributed by atoms with Crippen molar-refractivity contribution in [2.45, 2.75) is 51.7 Å². The van der Waals surface area contributed by atoms with Crippen LogP contribution in [0, 0.1) is 11.8 Å². The van der Waals surface area contributed by atoms with Crippen LogP contribution < -0.4 is 5.32 Å². The number of carbonyl (C=O) groups is 2. The third kappa shape index (κ3) is 3.48. The molecule has 6 heteroatoms. The van der Waals surface area contributed by atoms with E-state index in [1.165, 1.54) is 4.90 Å². The van der Waals surface area contributed by atoms with Gasteiger partial charge >= 0.3 is 12.0 Å². The van der Waals surface area contributed by atoms with Crippen LogP contribution in [0.2, 0.25) is 0 Å². The first-order chi connectivity index (χ1) is 9.85. The third-order valence-corrected chi connectivity index (χ3v) is 4.60. The number of amides is 2. The largest absolute Gasteiger partial charge is 0.480 e. The van der Waals surface area contributed by atoms with Crippen molar-refractivity contribution >= 4 is 12.0 Å². The van der Waals surface area contributed by atoms with E-state index < -0.39 is 17.6 Å². The zero-order valence-corrected chi connectivity index (χ0v) is 13.1. The van der Waals surface area contributed by atoms with E-state index >= 15 is 0 Å². The molecule has 120 valence electrons. The number of hydrogen-bond acceptors (Lipinski definition) is 3. The second-order valence-corrected chi connectivity index (χ2v) is 6.64. The first-order valence-corrected chi connectivity index (χ1v) is 7.77. The lowest BCUT2D eigenvalue weighted by Crippen LogP contribution is -2.51. The molecule has 1 heterocycles. The number of likely N-dealkylation sites (tertiary alicyclic amines) is 1. The van der Waals surface area contributed by atoms with Crippen molar-refractivity contribution in [3.63, 3.8) is 0 Å². The molecule has 2 fully saturated rings. The topological polar surface area (TPSA) is 78.9 Å². The average Bonchev–Trinajstić information content (AvgIpc) is 2.95. The molecular formula is C15H26N2O4. The summed E-state index contributed by atoms with van der Waals surface area (Å²) in [6.45, 7) is 7.23. The molecule has 1 aliphatic carbocycles. The summed E-state index contributed by atoms with van der Waals surface area (Å²) in [7, 11) is 0. The fraction of sp³-hybridized carbons (Fsp3) is 0.867. The summed E-state index contributed by atoms with van der Waals surface area (Å²) in [6.07, 6.45) is 3.02. The van der Waals surface area contributed by atoms with Gasteiger partial charge in [0.2, 0.25) is 0 Å². The van der Waals surface area contributed by atoms with Gasteiger partial charge in [0.15, 0.2) is 0 Å². The van der Waals surface area contributed by atoms with E-state index in [1.807, 2.05) is 20.8 Å². The van der Waals surface area contributed by atoms with Crippen molar-refractivity contribution < 1.29 is 19.4 Å². The zero-order chi connectivity index (χ0) is 15.6. The first-order valence-electron chi connectivity index (χ1n) is 7.77. The lowest BCUT2D eigenvalue weighted by atomic mass is 9.94. The third-order valence-electron chi connectivity index (χ3n) is 4.60. The van der Waals surface area contributed by atoms with E-state index in [1.54, 1.807) is 0 Å². The zero-order valence-electron chi connectivity index (χ0n) is 13.1. The average molecular weight is 298 g/mol. The second kappa shape index (κ2) is 6.22. The molecule has 3 atom stereocenters. The highest BCUT2D eigenvalue weighted by Gasteiger charge is 2.49. The fourth-order valence-electron chi connectivity index (χ4n) is 3.66. The minimum absolute atomic E-state index is 0.119. The number of rotatable bonds is 5. The molecule has 1 aliphatic heterocycles. The Kier molecular flexibility index (Phi) is 4.76. The summed E-state index contributed by atoms with van der Waals surface area (Å²) in [4.78, 5) is 25.4. The van der Waals surface area contributed by atoms with Gasteiger partial charge < -0.3 is 20.1 Å². The summed E-state index contributed by atoms with van der Waals surface area (Å²) < 4.78 is 5.54. The monoisotopic (exact) mass is 298 g/mol. The predicted molar refractivity (Wildman–Crippen MR) is 78.1 cm³/mol. The number of carboxylic acid groups (broad SMARTS) is 1. The van der Waals surface area contributed by atoms with E-state index in [2.05, 4.69) is 5.32 Å². The predicted octanol–water partition coefficient (Wildman–Crippen LogP) is 1.70. The Morgan fingerprint density at radius 1 is 1.38 bits per heavy atom. The number of aliphatic carboxylic acids is 1. The number of carbonyl (C=O) groups excluding carboxylic acids is 1. The Bertz CT molecular complexity index is 410. The van der Waals surface area contributed by atoms with Crippen molar-refractivity contribution in [3.8, 4) is 0 Å². The molecule has 1 saturated heterocycles. The molecule has 2 rings (SSSR count). The van der Waals surface area contributed by atoms with Crippen molar-refractivity contribution in [1.29, 1.82) is 0 Å². The van der Waals surface area contributed by atoms with Gasteiger partial charge in [0.25, 0.3) is 0 Å². The highest BCUT2D eigenvalue weighted by Crippen LogP contribution is 2.42. The quantitative estimate of drug-likeness (QED) is 0.809. The molecule has 21 heavy (non-hydrogen) atoms. The molecule has 2 N–H and O–H groups in total. The lowest BCUT2D eigenvalue weighted by molar-refractivity contribution is -0.142. The number of ether oxygens (including phenoxy) is 1. The van der Waals surface area contributed by atoms with Crippen LogP contribution in [-0.2, 0) is 9.53 Å². The van der Waals surface area contributed by atoms with Crippen LogP contribution in [0.4, 0.5) is 4.79 Å². The number of urea groups is 1. The number of nitrogens with zero attached hydrogens (tertiary/aromatic N) is 1. The second-order valence-electron chi connectivity index (χ2n) is 6.64. The van der Waals surface area contributed by atoms with Crippen LogP contribution in [0.3, 0.4) is 0 Å². The van der Waals surface area contributed by atoms with Gasteiger partial charge in [0.05, 0.1) is 5.60 Å². The highest BCUT2D eigenvalue weighted by atomic mass is 16.5. The van der Waals surface area contributed by atoms with Crippen LogP contribution in [0.5, 0.6) is 0 Å². The maximum Gasteiger partial charge on any atom is 0.326 e. The number of fused-ring (bicyclic) bond motifs is 1. The van der Waals surface area contributed by atoms with E-state index in [4.69, 9.17) is 4.74 Å². The molecule has 0 aromatic carbocycles. The molecule has 1 saturated carbocycles. The molecule has 0 radical (unpaired) electrons. The Balaban J connectivity index is 1.97. The van der Waals surface area contributed by atoms with Gasteiger partial charge in [-0.15, -0.1) is 0 Å². The Labute approximate surface area is 125 Å². The summed E-state index contributed by atoms with van der Waals surface area (Å²) >= 11 is 0. The van der Waals surface area contributed by atoms with Crippen molar-refractivity contribution in [1.82, 2.24) is 10.2 Å². The van der Waals surface area contributed by atoms with Crippen molar-refractivity contribution in [2.24, 2.45) is 11.8 Å². The molecule has 2 amide bonds. The molecule has 0 spiro atoms. The summed E-state index contributed by atoms with van der Waals surface area (Å²) in [5.41, 5.74) is -0.446. The van der Waals surface area contributed by atoms with E-state index in [0.29, 0.717) is 25.6 Å². The minimum Gasteiger partial charge on any atom is -0.480 e. The molecule has 2 aliphatic rings. The normalized spacial score (nSPS) is 28.5. The van der Waals surface area contributed by atoms with Gasteiger partial charge in [-0.05, 0) is 45.4 Å². The maximum absolute atomic E-state index is 12.3. The van der Waals surface area contributed by atoms with Crippen molar-refractivity contribution in [3.05, 3.63) is 0 Å². The highest BCUT2D eigenvalue weighted by molar-refractivity contribution is 5.83. The fourth-order valence-corrected chi connectivity index (χ4v) is 3.66. The molecule has 6 nitrogen and oxygen atoms in total. The maximum atomic E-state index is 12.3. The Hall–Kier alpha value is -1.30. The minimum atomic E-state index is -0.886. The van der Waals surface area contributed by atoms with Gasteiger partial charge in [-0.3, -0.25) is 0 Å². The SMILES string of the molecule is CCOC(C)(C)CNC(=O)N1CC2CCCC2C1C(=O)O. The molecule has 0 bridgehead atoms. The molecular weight excluding hydrogens is 272 g/mol. The van der Waals surface area contributed by atoms with Crippen LogP contribution in [-0.4, -0.2) is 53.3 Å². The Morgan fingerprint density at radius 3 is 2.71 bits per heavy atom. The summed E-state index contributed by atoms with van der Waals surface area (Å²) in [6, 6.07) is -0.961. The van der Waals surface area contributed by atoms with Gasteiger partial charge in [-0.2, -0.15) is 0 Å². The number of nitrogens with one attached hydrogen (secondary N) is 1. The first kappa shape index (κ1) is 16.1. The Morgan fingerprint density at radius 2 is 2.10 bits per heavy atom. The van der Waals surface area contributed by atoms with Gasteiger partial charge in [0, 0.05) is 19.7 Å². The number of hydrogen-bond donors (Lipinski definition) is 2. The molecule has 0 aromatic heterocycles. The molecule has 0 aromatic rings. The van der Waals surface area contributed by atoms with Gasteiger partial charge in [0.1, 0.15) is 6.04 Å². The van der Waals surface area contributed by atoms with Crippen LogP contribution in [0.15, 0.2) is 0 Å². The van der Waals surface area contributed by atoms with E-state index in [9.17, 15) is 14.7 Å². The van der Waals surface area contributed by atoms with Gasteiger partial charge in [-0.1, -0.05) is 6.42 Å². The van der Waals surface area contributed by atoms with Crippen LogP contribution >= 0.6 is 0 Å². The summed E-state index contributed by atoms with van der Waals surface area (Å²) in [5, 5.41) is 12.3. The standard InChI is InChI=1S/C15H26N2O4/c1-4-21-15(2,3)9-16-14(20)17-8-10-6-5-7-11(10)12(17)13(18)19/h10-12H,4-9H2,1-3H3,(H,16,20)(H,18,19). The van der Waals surface area contributed by atoms with E-state index in [0.717, 1.165) is 19.3 Å².